The maximum absolute atomic E-state index is 13.6. The number of ether oxygens (including phenoxy) is 1. The van der Waals surface area contributed by atoms with Crippen LogP contribution < -0.4 is 0 Å². The number of carbonyl (C=O) groups excluding carboxylic acids is 1. The molecule has 0 saturated carbocycles. The van der Waals surface area contributed by atoms with Gasteiger partial charge in [0.05, 0.1) is 6.42 Å². The smallest absolute Gasteiger partial charge is 0.434 e. The van der Waals surface area contributed by atoms with Crippen LogP contribution in [0, 0.1) is 0 Å². The van der Waals surface area contributed by atoms with Gasteiger partial charge in [0.25, 0.3) is 0 Å². The summed E-state index contributed by atoms with van der Waals surface area (Å²) in [6, 6.07) is 0. The van der Waals surface area contributed by atoms with E-state index in [9.17, 15) is 49.1 Å². The number of hydrogen-bond donors (Lipinski definition) is 1. The number of alkyl halides is 6. The van der Waals surface area contributed by atoms with Crippen LogP contribution in [0.1, 0.15) is 6.42 Å². The summed E-state index contributed by atoms with van der Waals surface area (Å²) in [5.41, 5.74) is -4.89. The summed E-state index contributed by atoms with van der Waals surface area (Å²) in [5.74, 6) is -27.0. The predicted molar refractivity (Wildman–Crippen MR) is 59.7 cm³/mol. The first-order chi connectivity index (χ1) is 11.1. The molecule has 13 heteroatoms. The first kappa shape index (κ1) is 20.6. The Bertz CT molecular complexity index is 705. The molecule has 0 amide bonds. The highest BCUT2D eigenvalue weighted by Gasteiger charge is 2.73. The third-order valence-electron chi connectivity index (χ3n) is 2.75. The molecule has 0 atom stereocenters. The van der Waals surface area contributed by atoms with Crippen molar-refractivity contribution < 1.29 is 58.9 Å². The van der Waals surface area contributed by atoms with Crippen LogP contribution >= 0.6 is 0 Å². The minimum absolute atomic E-state index is 1.25. The second-order valence-corrected chi connectivity index (χ2v) is 4.55. The van der Waals surface area contributed by atoms with E-state index in [4.69, 9.17) is 5.11 Å². The van der Waals surface area contributed by atoms with E-state index in [0.717, 1.165) is 0 Å². The Morgan fingerprint density at radius 1 is 1.04 bits per heavy atom. The summed E-state index contributed by atoms with van der Waals surface area (Å²) in [7, 11) is 0. The highest BCUT2D eigenvalue weighted by Crippen LogP contribution is 2.56. The summed E-state index contributed by atoms with van der Waals surface area (Å²) in [4.78, 5) is 21.4. The molecule has 1 rings (SSSR count). The molecule has 0 radical (unpaired) electrons. The minimum Gasteiger partial charge on any atom is -0.481 e. The van der Waals surface area contributed by atoms with Gasteiger partial charge in [-0.25, -0.2) is 18.0 Å². The fourth-order valence-electron chi connectivity index (χ4n) is 1.58. The van der Waals surface area contributed by atoms with E-state index < -0.39 is 64.9 Å². The van der Waals surface area contributed by atoms with E-state index in [2.05, 4.69) is 11.3 Å². The fraction of sp³-hybridized carbons (Fsp3) is 0.333. The third-order valence-corrected chi connectivity index (χ3v) is 2.75. The highest BCUT2D eigenvalue weighted by atomic mass is 19.3. The van der Waals surface area contributed by atoms with Gasteiger partial charge in [0.15, 0.2) is 17.2 Å². The molecule has 0 aliphatic heterocycles. The molecule has 25 heavy (non-hydrogen) atoms. The topological polar surface area (TPSA) is 63.6 Å². The van der Waals surface area contributed by atoms with Crippen LogP contribution in [0.15, 0.2) is 35.2 Å². The van der Waals surface area contributed by atoms with E-state index in [1.54, 1.807) is 0 Å². The van der Waals surface area contributed by atoms with E-state index in [1.165, 1.54) is 0 Å². The van der Waals surface area contributed by atoms with Crippen LogP contribution in [-0.2, 0) is 14.3 Å². The lowest BCUT2D eigenvalue weighted by Gasteiger charge is -2.33. The Balaban J connectivity index is 3.38. The third kappa shape index (κ3) is 3.35. The SMILES string of the molecule is C=C(CC(=O)O)C(=O)OC(F)(F)C1=C(F)C(F)=C(F)C(F)(F)C1(F)F. The van der Waals surface area contributed by atoms with Crippen LogP contribution in [0.3, 0.4) is 0 Å². The predicted octanol–water partition coefficient (Wildman–Crippen LogP) is 3.81. The first-order valence-corrected chi connectivity index (χ1v) is 5.80. The number of allylic oxidation sites excluding steroid dienone is 3. The van der Waals surface area contributed by atoms with Crippen LogP contribution in [0.5, 0.6) is 0 Å². The standard InChI is InChI=1S/C12H5F9O4/c1-3(2-4(22)23)9(24)25-12(20,21)7-5(13)6(14)8(15)11(18,19)10(7,16)17/h1-2H2,(H,22,23). The molecule has 0 fully saturated rings. The molecule has 0 unspecified atom stereocenters. The van der Waals surface area contributed by atoms with Gasteiger partial charge in [0.1, 0.15) is 0 Å². The molecule has 0 aromatic rings. The number of rotatable bonds is 5. The van der Waals surface area contributed by atoms with Crippen LogP contribution in [0.4, 0.5) is 39.5 Å². The van der Waals surface area contributed by atoms with Gasteiger partial charge < -0.3 is 9.84 Å². The van der Waals surface area contributed by atoms with E-state index in [0.29, 0.717) is 0 Å². The Morgan fingerprint density at radius 2 is 1.52 bits per heavy atom. The van der Waals surface area contributed by atoms with Crippen molar-refractivity contribution in [3.05, 3.63) is 35.2 Å². The van der Waals surface area contributed by atoms with Crippen LogP contribution in [0.25, 0.3) is 0 Å². The molecule has 4 nitrogen and oxygen atoms in total. The fourth-order valence-corrected chi connectivity index (χ4v) is 1.58. The number of carboxylic acid groups (broad SMARTS) is 1. The maximum Gasteiger partial charge on any atom is 0.434 e. The van der Waals surface area contributed by atoms with Crippen molar-refractivity contribution in [2.75, 3.05) is 0 Å². The molecule has 0 saturated heterocycles. The van der Waals surface area contributed by atoms with Gasteiger partial charge in [0.2, 0.25) is 5.83 Å². The van der Waals surface area contributed by atoms with Gasteiger partial charge in [-0.3, -0.25) is 4.79 Å². The second-order valence-electron chi connectivity index (χ2n) is 4.55. The summed E-state index contributed by atoms with van der Waals surface area (Å²) in [6.45, 7) is 2.66. The zero-order valence-corrected chi connectivity index (χ0v) is 11.5. The second kappa shape index (κ2) is 6.11. The summed E-state index contributed by atoms with van der Waals surface area (Å²) < 4.78 is 122. The van der Waals surface area contributed by atoms with Gasteiger partial charge in [-0.15, -0.1) is 0 Å². The normalized spacial score (nSPS) is 19.7. The first-order valence-electron chi connectivity index (χ1n) is 5.80. The molecular formula is C12H5F9O4. The van der Waals surface area contributed by atoms with Gasteiger partial charge in [-0.2, -0.15) is 26.3 Å². The maximum atomic E-state index is 13.6. The lowest BCUT2D eigenvalue weighted by atomic mass is 9.93. The summed E-state index contributed by atoms with van der Waals surface area (Å²) >= 11 is 0. The van der Waals surface area contributed by atoms with Gasteiger partial charge in [-0.1, -0.05) is 6.58 Å². The number of esters is 1. The number of hydrogen-bond acceptors (Lipinski definition) is 3. The molecule has 0 heterocycles. The summed E-state index contributed by atoms with van der Waals surface area (Å²) in [6.07, 6.45) is -7.19. The van der Waals surface area contributed by atoms with Crippen molar-refractivity contribution in [3.8, 4) is 0 Å². The number of aliphatic carboxylic acids is 1. The minimum atomic E-state index is -6.31. The lowest BCUT2D eigenvalue weighted by Crippen LogP contribution is -2.51. The zero-order chi connectivity index (χ0) is 20.0. The van der Waals surface area contributed by atoms with Crippen molar-refractivity contribution in [3.63, 3.8) is 0 Å². The van der Waals surface area contributed by atoms with E-state index in [-0.39, 0.29) is 0 Å². The number of halogens is 9. The molecule has 140 valence electrons. The molecule has 1 N–H and O–H groups in total. The van der Waals surface area contributed by atoms with Crippen molar-refractivity contribution in [2.24, 2.45) is 0 Å². The Hall–Kier alpha value is -2.47. The van der Waals surface area contributed by atoms with Gasteiger partial charge >= 0.3 is 29.9 Å². The summed E-state index contributed by atoms with van der Waals surface area (Å²) in [5, 5.41) is 8.30. The van der Waals surface area contributed by atoms with E-state index >= 15 is 0 Å². The molecule has 0 bridgehead atoms. The van der Waals surface area contributed by atoms with Crippen LogP contribution in [-0.4, -0.2) is 35.0 Å². The van der Waals surface area contributed by atoms with Crippen LogP contribution in [0.2, 0.25) is 0 Å². The quantitative estimate of drug-likeness (QED) is 0.445. The molecule has 0 aromatic carbocycles. The Labute approximate surface area is 131 Å². The highest BCUT2D eigenvalue weighted by molar-refractivity contribution is 5.93. The van der Waals surface area contributed by atoms with Gasteiger partial charge in [-0.05, 0) is 0 Å². The molecular weight excluding hydrogens is 379 g/mol. The number of carboxylic acids is 1. The number of carbonyl (C=O) groups is 2. The zero-order valence-electron chi connectivity index (χ0n) is 11.5. The Kier molecular flexibility index (Phi) is 5.03. The van der Waals surface area contributed by atoms with E-state index in [1.807, 2.05) is 0 Å². The largest absolute Gasteiger partial charge is 0.481 e. The average Bonchev–Trinajstić information content (AvgIpc) is 2.42. The molecule has 1 aliphatic rings. The molecule has 0 spiro atoms. The van der Waals surface area contributed by atoms with Crippen molar-refractivity contribution in [2.45, 2.75) is 24.4 Å². The van der Waals surface area contributed by atoms with Gasteiger partial charge in [0, 0.05) is 5.57 Å². The average molecular weight is 384 g/mol. The van der Waals surface area contributed by atoms with Crippen molar-refractivity contribution in [1.82, 2.24) is 0 Å². The Morgan fingerprint density at radius 3 is 1.96 bits per heavy atom. The van der Waals surface area contributed by atoms with Crippen molar-refractivity contribution >= 4 is 11.9 Å². The van der Waals surface area contributed by atoms with Crippen molar-refractivity contribution in [1.29, 1.82) is 0 Å². The monoisotopic (exact) mass is 384 g/mol. The molecule has 1 aliphatic carbocycles. The molecule has 0 aromatic heterocycles. The lowest BCUT2D eigenvalue weighted by molar-refractivity contribution is -0.249.